The van der Waals surface area contributed by atoms with E-state index < -0.39 is 0 Å². The highest BCUT2D eigenvalue weighted by atomic mass is 32.1. The molecule has 0 amide bonds. The van der Waals surface area contributed by atoms with Gasteiger partial charge in [-0.3, -0.25) is 4.98 Å². The van der Waals surface area contributed by atoms with Crippen LogP contribution in [-0.2, 0) is 6.61 Å². The summed E-state index contributed by atoms with van der Waals surface area (Å²) in [5.74, 6) is 0. The number of para-hydroxylation sites is 1. The Hall–Kier alpha value is -1.91. The fourth-order valence-corrected chi connectivity index (χ4v) is 3.34. The van der Waals surface area contributed by atoms with Gasteiger partial charge in [0.2, 0.25) is 0 Å². The topological polar surface area (TPSA) is 36.4 Å². The van der Waals surface area contributed by atoms with Crippen molar-refractivity contribution in [2.24, 2.45) is 0 Å². The Kier molecular flexibility index (Phi) is 3.90. The van der Waals surface area contributed by atoms with Crippen LogP contribution in [0.3, 0.4) is 0 Å². The minimum absolute atomic E-state index is 0.0426. The van der Waals surface area contributed by atoms with E-state index in [1.807, 2.05) is 24.3 Å². The molecular formula is C17H18N2OS. The third-order valence-corrected chi connectivity index (χ3v) is 4.87. The molecule has 0 bridgehead atoms. The number of fused-ring (bicyclic) bond motifs is 1. The monoisotopic (exact) mass is 298 g/mol. The molecule has 3 aromatic rings. The van der Waals surface area contributed by atoms with Gasteiger partial charge in [-0.05, 0) is 30.5 Å². The van der Waals surface area contributed by atoms with Crippen molar-refractivity contribution >= 4 is 27.9 Å². The van der Waals surface area contributed by atoms with Gasteiger partial charge in [-0.1, -0.05) is 24.3 Å². The molecule has 3 rings (SSSR count). The maximum Gasteiger partial charge on any atom is 0.0854 e. The van der Waals surface area contributed by atoms with E-state index in [1.54, 1.807) is 11.3 Å². The van der Waals surface area contributed by atoms with Crippen molar-refractivity contribution in [3.8, 4) is 0 Å². The van der Waals surface area contributed by atoms with Crippen molar-refractivity contribution in [1.29, 1.82) is 0 Å². The molecule has 108 valence electrons. The first-order chi connectivity index (χ1) is 10.2. The third kappa shape index (κ3) is 2.64. The number of pyridine rings is 1. The number of anilines is 1. The van der Waals surface area contributed by atoms with Gasteiger partial charge in [-0.2, -0.15) is 0 Å². The lowest BCUT2D eigenvalue weighted by molar-refractivity contribution is 0.277. The second-order valence-electron chi connectivity index (χ2n) is 5.11. The van der Waals surface area contributed by atoms with E-state index in [0.29, 0.717) is 5.69 Å². The molecule has 0 saturated carbocycles. The van der Waals surface area contributed by atoms with Crippen LogP contribution in [0.5, 0.6) is 0 Å². The highest BCUT2D eigenvalue weighted by Gasteiger charge is 2.16. The number of aromatic nitrogens is 1. The molecule has 21 heavy (non-hydrogen) atoms. The Balaban J connectivity index is 2.10. The van der Waals surface area contributed by atoms with Crippen molar-refractivity contribution in [1.82, 2.24) is 4.98 Å². The first-order valence-electron chi connectivity index (χ1n) is 6.96. The molecule has 3 nitrogen and oxygen atoms in total. The second kappa shape index (κ2) is 5.84. The van der Waals surface area contributed by atoms with Gasteiger partial charge < -0.3 is 10.0 Å². The van der Waals surface area contributed by atoms with Crippen LogP contribution in [0, 0.1) is 0 Å². The summed E-state index contributed by atoms with van der Waals surface area (Å²) in [4.78, 5) is 8.05. The molecule has 0 saturated heterocycles. The number of hydrogen-bond acceptors (Lipinski definition) is 4. The molecular weight excluding hydrogens is 280 g/mol. The van der Waals surface area contributed by atoms with E-state index in [4.69, 9.17) is 0 Å². The number of thiophene rings is 1. The Labute approximate surface area is 128 Å². The second-order valence-corrected chi connectivity index (χ2v) is 6.09. The van der Waals surface area contributed by atoms with Crippen molar-refractivity contribution in [3.05, 3.63) is 58.4 Å². The summed E-state index contributed by atoms with van der Waals surface area (Å²) >= 11 is 1.76. The summed E-state index contributed by atoms with van der Waals surface area (Å²) in [6.45, 7) is 2.15. The van der Waals surface area contributed by atoms with Gasteiger partial charge in [0.25, 0.3) is 0 Å². The van der Waals surface area contributed by atoms with E-state index >= 15 is 0 Å². The zero-order valence-corrected chi connectivity index (χ0v) is 13.0. The van der Waals surface area contributed by atoms with Crippen LogP contribution in [0.2, 0.25) is 0 Å². The number of benzene rings is 1. The van der Waals surface area contributed by atoms with Crippen LogP contribution in [0.25, 0.3) is 10.9 Å². The molecule has 1 atom stereocenters. The molecule has 0 aliphatic heterocycles. The average Bonchev–Trinajstić information content (AvgIpc) is 3.06. The van der Waals surface area contributed by atoms with Gasteiger partial charge in [0.15, 0.2) is 0 Å². The summed E-state index contributed by atoms with van der Waals surface area (Å²) in [6, 6.07) is 14.6. The summed E-state index contributed by atoms with van der Waals surface area (Å²) < 4.78 is 0. The zero-order chi connectivity index (χ0) is 14.8. The first kappa shape index (κ1) is 14.0. The molecule has 1 aromatic carbocycles. The van der Waals surface area contributed by atoms with Gasteiger partial charge in [-0.15, -0.1) is 11.3 Å². The summed E-state index contributed by atoms with van der Waals surface area (Å²) in [7, 11) is 2.09. The third-order valence-electron chi connectivity index (χ3n) is 3.83. The largest absolute Gasteiger partial charge is 0.390 e. The number of rotatable bonds is 4. The van der Waals surface area contributed by atoms with E-state index in [0.717, 1.165) is 16.6 Å². The number of hydrogen-bond donors (Lipinski definition) is 1. The van der Waals surface area contributed by atoms with Crippen molar-refractivity contribution in [2.45, 2.75) is 19.6 Å². The normalized spacial score (nSPS) is 12.5. The van der Waals surface area contributed by atoms with Crippen LogP contribution >= 0.6 is 11.3 Å². The number of aliphatic hydroxyl groups is 1. The number of nitrogens with zero attached hydrogens (tertiary/aromatic N) is 2. The van der Waals surface area contributed by atoms with Gasteiger partial charge in [0.05, 0.1) is 23.9 Å². The predicted molar refractivity (Wildman–Crippen MR) is 88.8 cm³/mol. The van der Waals surface area contributed by atoms with Crippen LogP contribution in [-0.4, -0.2) is 17.1 Å². The molecule has 1 N–H and O–H groups in total. The van der Waals surface area contributed by atoms with Crippen LogP contribution < -0.4 is 4.90 Å². The predicted octanol–water partition coefficient (Wildman–Crippen LogP) is 3.99. The van der Waals surface area contributed by atoms with Gasteiger partial charge >= 0.3 is 0 Å². The lowest BCUT2D eigenvalue weighted by atomic mass is 10.1. The Morgan fingerprint density at radius 3 is 2.76 bits per heavy atom. The Morgan fingerprint density at radius 2 is 2.05 bits per heavy atom. The maximum absolute atomic E-state index is 9.45. The van der Waals surface area contributed by atoms with E-state index in [-0.39, 0.29) is 12.6 Å². The number of aliphatic hydroxyl groups excluding tert-OH is 1. The molecule has 0 fully saturated rings. The molecule has 2 aromatic heterocycles. The molecule has 0 radical (unpaired) electrons. The summed E-state index contributed by atoms with van der Waals surface area (Å²) in [6.07, 6.45) is 0. The standard InChI is InChI=1S/C17H18N2OS/c1-12(17-8-5-9-21-17)19(2)16-10-13(11-20)18-15-7-4-3-6-14(15)16/h3-10,12,20H,11H2,1-2H3. The van der Waals surface area contributed by atoms with Crippen molar-refractivity contribution in [3.63, 3.8) is 0 Å². The van der Waals surface area contributed by atoms with Crippen molar-refractivity contribution < 1.29 is 5.11 Å². The van der Waals surface area contributed by atoms with Crippen molar-refractivity contribution in [2.75, 3.05) is 11.9 Å². The summed E-state index contributed by atoms with van der Waals surface area (Å²) in [5.41, 5.74) is 2.73. The molecule has 0 aliphatic rings. The Morgan fingerprint density at radius 1 is 1.24 bits per heavy atom. The average molecular weight is 298 g/mol. The highest BCUT2D eigenvalue weighted by Crippen LogP contribution is 2.33. The van der Waals surface area contributed by atoms with Crippen LogP contribution in [0.15, 0.2) is 47.8 Å². The Bertz CT molecular complexity index is 740. The summed E-state index contributed by atoms with van der Waals surface area (Å²) in [5, 5.41) is 12.7. The molecule has 0 aliphatic carbocycles. The maximum atomic E-state index is 9.45. The van der Waals surface area contributed by atoms with E-state index in [2.05, 4.69) is 47.4 Å². The minimum Gasteiger partial charge on any atom is -0.390 e. The molecule has 0 spiro atoms. The van der Waals surface area contributed by atoms with Gasteiger partial charge in [0, 0.05) is 23.0 Å². The SMILES string of the molecule is CC(c1cccs1)N(C)c1cc(CO)nc2ccccc12. The fraction of sp³-hybridized carbons (Fsp3) is 0.235. The zero-order valence-electron chi connectivity index (χ0n) is 12.2. The fourth-order valence-electron chi connectivity index (χ4n) is 2.51. The van der Waals surface area contributed by atoms with Gasteiger partial charge in [0.1, 0.15) is 0 Å². The lowest BCUT2D eigenvalue weighted by Gasteiger charge is -2.28. The minimum atomic E-state index is -0.0426. The van der Waals surface area contributed by atoms with E-state index in [9.17, 15) is 5.11 Å². The lowest BCUT2D eigenvalue weighted by Crippen LogP contribution is -2.21. The van der Waals surface area contributed by atoms with Gasteiger partial charge in [-0.25, -0.2) is 0 Å². The quantitative estimate of drug-likeness (QED) is 0.791. The highest BCUT2D eigenvalue weighted by molar-refractivity contribution is 7.10. The van der Waals surface area contributed by atoms with Crippen LogP contribution in [0.4, 0.5) is 5.69 Å². The van der Waals surface area contributed by atoms with E-state index in [1.165, 1.54) is 4.88 Å². The first-order valence-corrected chi connectivity index (χ1v) is 7.84. The smallest absolute Gasteiger partial charge is 0.0854 e. The van der Waals surface area contributed by atoms with Crippen LogP contribution in [0.1, 0.15) is 23.5 Å². The molecule has 1 unspecified atom stereocenters. The molecule has 4 heteroatoms. The molecule has 2 heterocycles.